The van der Waals surface area contributed by atoms with Gasteiger partial charge in [-0.05, 0) is 36.5 Å². The molecule has 7 nitrogen and oxygen atoms in total. The van der Waals surface area contributed by atoms with Gasteiger partial charge in [-0.3, -0.25) is 14.4 Å². The van der Waals surface area contributed by atoms with Crippen molar-refractivity contribution in [3.8, 4) is 5.75 Å². The number of aliphatic carboxylic acids is 1. The first-order valence-corrected chi connectivity index (χ1v) is 8.28. The molecule has 0 bridgehead atoms. The maximum Gasteiger partial charge on any atom is 0.307 e. The van der Waals surface area contributed by atoms with Crippen LogP contribution in [-0.4, -0.2) is 36.0 Å². The van der Waals surface area contributed by atoms with Crippen molar-refractivity contribution < 1.29 is 24.2 Å². The monoisotopic (exact) mass is 346 g/mol. The molecule has 1 aromatic carbocycles. The minimum absolute atomic E-state index is 0.198. The first-order chi connectivity index (χ1) is 11.8. The van der Waals surface area contributed by atoms with Crippen LogP contribution in [0.2, 0.25) is 0 Å². The summed E-state index contributed by atoms with van der Waals surface area (Å²) in [5.74, 6) is -2.46. The molecule has 3 N–H and O–H groups in total. The Morgan fingerprint density at radius 1 is 1.20 bits per heavy atom. The summed E-state index contributed by atoms with van der Waals surface area (Å²) in [5, 5.41) is 14.8. The van der Waals surface area contributed by atoms with E-state index in [0.29, 0.717) is 17.0 Å². The molecule has 134 valence electrons. The summed E-state index contributed by atoms with van der Waals surface area (Å²) < 4.78 is 5.24. The van der Waals surface area contributed by atoms with Crippen molar-refractivity contribution in [2.75, 3.05) is 12.4 Å². The molecule has 0 saturated heterocycles. The van der Waals surface area contributed by atoms with E-state index in [-0.39, 0.29) is 17.9 Å². The Balaban J connectivity index is 1.77. The molecule has 0 radical (unpaired) electrons. The molecule has 2 amide bonds. The minimum Gasteiger partial charge on any atom is -0.495 e. The summed E-state index contributed by atoms with van der Waals surface area (Å²) in [6.07, 6.45) is 1.97. The number of carboxylic acid groups (broad SMARTS) is 1. The Morgan fingerprint density at radius 3 is 2.40 bits per heavy atom. The molecular formula is C18H22N2O5. The quantitative estimate of drug-likeness (QED) is 0.729. The summed E-state index contributed by atoms with van der Waals surface area (Å²) >= 11 is 0. The SMILES string of the molecule is COc1ccc(C(=O)NC2CC2)cc1NC(=O)[C@H]1[C@@H](C(=O)O)C1(C)C. The Bertz CT molecular complexity index is 739. The van der Waals surface area contributed by atoms with E-state index in [0.717, 1.165) is 12.8 Å². The van der Waals surface area contributed by atoms with E-state index >= 15 is 0 Å². The van der Waals surface area contributed by atoms with Crippen LogP contribution in [0.4, 0.5) is 5.69 Å². The topological polar surface area (TPSA) is 105 Å². The second-order valence-corrected chi connectivity index (χ2v) is 7.27. The van der Waals surface area contributed by atoms with Crippen LogP contribution in [0.15, 0.2) is 18.2 Å². The number of carboxylic acids is 1. The first kappa shape index (κ1) is 17.3. The van der Waals surface area contributed by atoms with Gasteiger partial charge in [-0.15, -0.1) is 0 Å². The standard InChI is InChI=1S/C18H22N2O5/c1-18(2)13(14(18)17(23)24)16(22)20-11-8-9(4-7-12(11)25-3)15(21)19-10-5-6-10/h4,7-8,10,13-14H,5-6H2,1-3H3,(H,19,21)(H,20,22)(H,23,24)/t13-,14+/m1/s1. The fourth-order valence-corrected chi connectivity index (χ4v) is 3.24. The van der Waals surface area contributed by atoms with Gasteiger partial charge in [-0.2, -0.15) is 0 Å². The van der Waals surface area contributed by atoms with Crippen LogP contribution < -0.4 is 15.4 Å². The number of rotatable bonds is 6. The molecule has 0 aliphatic heterocycles. The van der Waals surface area contributed by atoms with Crippen LogP contribution in [0, 0.1) is 17.3 Å². The van der Waals surface area contributed by atoms with Crippen LogP contribution >= 0.6 is 0 Å². The molecule has 0 unspecified atom stereocenters. The molecule has 2 atom stereocenters. The van der Waals surface area contributed by atoms with E-state index in [1.165, 1.54) is 7.11 Å². The summed E-state index contributed by atoms with van der Waals surface area (Å²) in [6.45, 7) is 3.51. The molecule has 2 aliphatic rings. The highest BCUT2D eigenvalue weighted by Crippen LogP contribution is 2.58. The van der Waals surface area contributed by atoms with Crippen LogP contribution in [0.1, 0.15) is 37.0 Å². The normalized spacial score (nSPS) is 23.5. The van der Waals surface area contributed by atoms with Crippen LogP contribution in [0.5, 0.6) is 5.75 Å². The lowest BCUT2D eigenvalue weighted by atomic mass is 10.1. The van der Waals surface area contributed by atoms with Crippen molar-refractivity contribution in [1.82, 2.24) is 5.32 Å². The minimum atomic E-state index is -0.977. The van der Waals surface area contributed by atoms with Gasteiger partial charge in [0.15, 0.2) is 0 Å². The number of ether oxygens (including phenoxy) is 1. The maximum atomic E-state index is 12.5. The number of anilines is 1. The molecule has 2 fully saturated rings. The predicted octanol–water partition coefficient (Wildman–Crippen LogP) is 1.88. The zero-order chi connectivity index (χ0) is 18.4. The smallest absolute Gasteiger partial charge is 0.307 e. The number of methoxy groups -OCH3 is 1. The van der Waals surface area contributed by atoms with Gasteiger partial charge < -0.3 is 20.5 Å². The van der Waals surface area contributed by atoms with Crippen LogP contribution in [0.3, 0.4) is 0 Å². The fraction of sp³-hybridized carbons (Fsp3) is 0.500. The summed E-state index contributed by atoms with van der Waals surface area (Å²) in [6, 6.07) is 5.04. The number of hydrogen-bond donors (Lipinski definition) is 3. The Morgan fingerprint density at radius 2 is 1.88 bits per heavy atom. The molecule has 7 heteroatoms. The molecule has 0 spiro atoms. The number of benzene rings is 1. The van der Waals surface area contributed by atoms with Crippen molar-refractivity contribution in [3.05, 3.63) is 23.8 Å². The lowest BCUT2D eigenvalue weighted by Crippen LogP contribution is -2.25. The third kappa shape index (κ3) is 3.31. The maximum absolute atomic E-state index is 12.5. The number of nitrogens with one attached hydrogen (secondary N) is 2. The fourth-order valence-electron chi connectivity index (χ4n) is 3.24. The van der Waals surface area contributed by atoms with Gasteiger partial charge in [-0.25, -0.2) is 0 Å². The largest absolute Gasteiger partial charge is 0.495 e. The van der Waals surface area contributed by atoms with E-state index in [9.17, 15) is 19.5 Å². The average molecular weight is 346 g/mol. The lowest BCUT2D eigenvalue weighted by molar-refractivity contribution is -0.140. The van der Waals surface area contributed by atoms with Crippen LogP contribution in [-0.2, 0) is 9.59 Å². The number of carbonyl (C=O) groups excluding carboxylic acids is 2. The van der Waals surface area contributed by atoms with Crippen molar-refractivity contribution in [2.45, 2.75) is 32.7 Å². The van der Waals surface area contributed by atoms with Crippen LogP contribution in [0.25, 0.3) is 0 Å². The van der Waals surface area contributed by atoms with Crippen molar-refractivity contribution in [1.29, 1.82) is 0 Å². The second kappa shape index (κ2) is 6.06. The van der Waals surface area contributed by atoms with Crippen molar-refractivity contribution >= 4 is 23.5 Å². The third-order valence-corrected chi connectivity index (χ3v) is 5.01. The Labute approximate surface area is 145 Å². The highest BCUT2D eigenvalue weighted by Gasteiger charge is 2.65. The van der Waals surface area contributed by atoms with Gasteiger partial charge in [0.1, 0.15) is 5.75 Å². The lowest BCUT2D eigenvalue weighted by Gasteiger charge is -2.13. The van der Waals surface area contributed by atoms with Gasteiger partial charge >= 0.3 is 5.97 Å². The molecule has 2 saturated carbocycles. The molecule has 2 aliphatic carbocycles. The molecule has 0 heterocycles. The number of carbonyl (C=O) groups is 3. The highest BCUT2D eigenvalue weighted by atomic mass is 16.5. The summed E-state index contributed by atoms with van der Waals surface area (Å²) in [7, 11) is 1.47. The van der Waals surface area contributed by atoms with Crippen molar-refractivity contribution in [2.24, 2.45) is 17.3 Å². The molecule has 25 heavy (non-hydrogen) atoms. The molecule has 1 aromatic rings. The zero-order valence-electron chi connectivity index (χ0n) is 14.5. The van der Waals surface area contributed by atoms with Crippen molar-refractivity contribution in [3.63, 3.8) is 0 Å². The van der Waals surface area contributed by atoms with E-state index in [1.54, 1.807) is 32.0 Å². The molecule has 0 aromatic heterocycles. The van der Waals surface area contributed by atoms with Gasteiger partial charge in [-0.1, -0.05) is 13.8 Å². The predicted molar refractivity (Wildman–Crippen MR) is 90.5 cm³/mol. The number of amides is 2. The zero-order valence-corrected chi connectivity index (χ0v) is 14.5. The Hall–Kier alpha value is -2.57. The van der Waals surface area contributed by atoms with Gasteiger partial charge in [0.2, 0.25) is 5.91 Å². The summed E-state index contributed by atoms with van der Waals surface area (Å²) in [5.41, 5.74) is 0.194. The van der Waals surface area contributed by atoms with Gasteiger partial charge in [0, 0.05) is 11.6 Å². The number of hydrogen-bond acceptors (Lipinski definition) is 4. The van der Waals surface area contributed by atoms with E-state index in [2.05, 4.69) is 10.6 Å². The second-order valence-electron chi connectivity index (χ2n) is 7.27. The highest BCUT2D eigenvalue weighted by molar-refractivity contribution is 6.02. The third-order valence-electron chi connectivity index (χ3n) is 5.01. The van der Waals surface area contributed by atoms with E-state index in [4.69, 9.17) is 4.74 Å². The summed E-state index contributed by atoms with van der Waals surface area (Å²) in [4.78, 5) is 36.0. The van der Waals surface area contributed by atoms with Gasteiger partial charge in [0.25, 0.3) is 5.91 Å². The average Bonchev–Trinajstić information content (AvgIpc) is 3.43. The van der Waals surface area contributed by atoms with Gasteiger partial charge in [0.05, 0.1) is 24.6 Å². The molecular weight excluding hydrogens is 324 g/mol. The first-order valence-electron chi connectivity index (χ1n) is 8.28. The Kier molecular flexibility index (Phi) is 4.18. The van der Waals surface area contributed by atoms with E-state index in [1.807, 2.05) is 0 Å². The molecule has 3 rings (SSSR count). The van der Waals surface area contributed by atoms with E-state index < -0.39 is 23.2 Å².